The van der Waals surface area contributed by atoms with Crippen LogP contribution in [0.15, 0.2) is 42.5 Å². The highest BCUT2D eigenvalue weighted by Crippen LogP contribution is 2.20. The third-order valence-corrected chi connectivity index (χ3v) is 3.81. The standard InChI is InChI=1S/C18H21FO/c1-13-5-3-6-14(2)18(13)11-16(12-20)9-15-7-4-8-17(19)10-15/h3-8,10,16,20H,9,11-12H2,1-2H3. The fraction of sp³-hybridized carbons (Fsp3) is 0.333. The van der Waals surface area contributed by atoms with Crippen molar-refractivity contribution in [2.45, 2.75) is 26.7 Å². The summed E-state index contributed by atoms with van der Waals surface area (Å²) in [6.07, 6.45) is 1.52. The molecule has 0 saturated carbocycles. The molecule has 1 unspecified atom stereocenters. The van der Waals surface area contributed by atoms with Gasteiger partial charge in [-0.15, -0.1) is 0 Å². The number of halogens is 1. The van der Waals surface area contributed by atoms with Gasteiger partial charge in [0.15, 0.2) is 0 Å². The quantitative estimate of drug-likeness (QED) is 0.877. The van der Waals surface area contributed by atoms with Gasteiger partial charge in [0.05, 0.1) is 0 Å². The van der Waals surface area contributed by atoms with Gasteiger partial charge in [-0.25, -0.2) is 4.39 Å². The van der Waals surface area contributed by atoms with E-state index in [1.54, 1.807) is 12.1 Å². The predicted molar refractivity (Wildman–Crippen MR) is 80.3 cm³/mol. The van der Waals surface area contributed by atoms with E-state index in [2.05, 4.69) is 32.0 Å². The molecular formula is C18H21FO. The van der Waals surface area contributed by atoms with Gasteiger partial charge in [-0.3, -0.25) is 0 Å². The zero-order valence-electron chi connectivity index (χ0n) is 12.1. The van der Waals surface area contributed by atoms with Gasteiger partial charge in [-0.05, 0) is 67.0 Å². The Morgan fingerprint density at radius 1 is 1.00 bits per heavy atom. The Hall–Kier alpha value is -1.67. The molecule has 0 aliphatic heterocycles. The monoisotopic (exact) mass is 272 g/mol. The van der Waals surface area contributed by atoms with Crippen LogP contribution >= 0.6 is 0 Å². The van der Waals surface area contributed by atoms with E-state index in [1.807, 2.05) is 6.07 Å². The minimum Gasteiger partial charge on any atom is -0.396 e. The summed E-state index contributed by atoms with van der Waals surface area (Å²) in [5.74, 6) is -0.0946. The van der Waals surface area contributed by atoms with Crippen LogP contribution in [-0.2, 0) is 12.8 Å². The molecule has 0 bridgehead atoms. The van der Waals surface area contributed by atoms with Crippen LogP contribution in [0.2, 0.25) is 0 Å². The number of hydrogen-bond acceptors (Lipinski definition) is 1. The number of rotatable bonds is 5. The second kappa shape index (κ2) is 6.67. The molecule has 0 heterocycles. The van der Waals surface area contributed by atoms with Crippen LogP contribution in [-0.4, -0.2) is 11.7 Å². The SMILES string of the molecule is Cc1cccc(C)c1CC(CO)Cc1cccc(F)c1. The molecule has 0 spiro atoms. The topological polar surface area (TPSA) is 20.2 Å². The second-order valence-electron chi connectivity index (χ2n) is 5.46. The Kier molecular flexibility index (Phi) is 4.91. The van der Waals surface area contributed by atoms with E-state index in [0.717, 1.165) is 12.0 Å². The van der Waals surface area contributed by atoms with Gasteiger partial charge in [-0.1, -0.05) is 30.3 Å². The van der Waals surface area contributed by atoms with E-state index in [9.17, 15) is 9.50 Å². The molecule has 2 heteroatoms. The highest BCUT2D eigenvalue weighted by molar-refractivity contribution is 5.34. The Morgan fingerprint density at radius 3 is 2.25 bits per heavy atom. The van der Waals surface area contributed by atoms with Crippen molar-refractivity contribution >= 4 is 0 Å². The molecule has 0 amide bonds. The molecule has 20 heavy (non-hydrogen) atoms. The van der Waals surface area contributed by atoms with Crippen molar-refractivity contribution in [1.29, 1.82) is 0 Å². The van der Waals surface area contributed by atoms with Gasteiger partial charge in [0.2, 0.25) is 0 Å². The van der Waals surface area contributed by atoms with Crippen LogP contribution in [0, 0.1) is 25.6 Å². The molecule has 1 nitrogen and oxygen atoms in total. The first kappa shape index (κ1) is 14.7. The molecular weight excluding hydrogens is 251 g/mol. The smallest absolute Gasteiger partial charge is 0.123 e. The van der Waals surface area contributed by atoms with Crippen LogP contribution in [0.4, 0.5) is 4.39 Å². The second-order valence-corrected chi connectivity index (χ2v) is 5.46. The predicted octanol–water partition coefficient (Wildman–Crippen LogP) is 3.84. The van der Waals surface area contributed by atoms with Gasteiger partial charge < -0.3 is 5.11 Å². The summed E-state index contributed by atoms with van der Waals surface area (Å²) in [5, 5.41) is 9.61. The maximum absolute atomic E-state index is 13.2. The lowest BCUT2D eigenvalue weighted by Crippen LogP contribution is -2.14. The normalized spacial score (nSPS) is 12.4. The highest BCUT2D eigenvalue weighted by Gasteiger charge is 2.13. The molecule has 1 atom stereocenters. The van der Waals surface area contributed by atoms with Crippen molar-refractivity contribution in [3.63, 3.8) is 0 Å². The first-order valence-corrected chi connectivity index (χ1v) is 7.00. The van der Waals surface area contributed by atoms with Gasteiger partial charge in [0, 0.05) is 6.61 Å². The molecule has 0 aromatic heterocycles. The number of aryl methyl sites for hydroxylation is 2. The van der Waals surface area contributed by atoms with Crippen molar-refractivity contribution in [2.24, 2.45) is 5.92 Å². The zero-order valence-corrected chi connectivity index (χ0v) is 12.1. The highest BCUT2D eigenvalue weighted by atomic mass is 19.1. The zero-order chi connectivity index (χ0) is 14.5. The third kappa shape index (κ3) is 3.67. The van der Waals surface area contributed by atoms with Crippen molar-refractivity contribution in [3.8, 4) is 0 Å². The van der Waals surface area contributed by atoms with Crippen molar-refractivity contribution in [1.82, 2.24) is 0 Å². The fourth-order valence-corrected chi connectivity index (χ4v) is 2.66. The van der Waals surface area contributed by atoms with Crippen molar-refractivity contribution in [3.05, 3.63) is 70.5 Å². The van der Waals surface area contributed by atoms with Gasteiger partial charge in [0.1, 0.15) is 5.82 Å². The van der Waals surface area contributed by atoms with Gasteiger partial charge in [-0.2, -0.15) is 0 Å². The summed E-state index contributed by atoms with van der Waals surface area (Å²) < 4.78 is 13.2. The molecule has 106 valence electrons. The number of benzene rings is 2. The summed E-state index contributed by atoms with van der Waals surface area (Å²) >= 11 is 0. The number of aliphatic hydroxyl groups is 1. The molecule has 2 aromatic rings. The lowest BCUT2D eigenvalue weighted by atomic mass is 9.89. The van der Waals surface area contributed by atoms with Gasteiger partial charge in [0.25, 0.3) is 0 Å². The van der Waals surface area contributed by atoms with Crippen LogP contribution in [0.3, 0.4) is 0 Å². The van der Waals surface area contributed by atoms with Crippen molar-refractivity contribution in [2.75, 3.05) is 6.61 Å². The molecule has 2 rings (SSSR count). The Morgan fingerprint density at radius 2 is 1.65 bits per heavy atom. The molecule has 0 aliphatic rings. The van der Waals surface area contributed by atoms with E-state index < -0.39 is 0 Å². The van der Waals surface area contributed by atoms with Crippen LogP contribution in [0.1, 0.15) is 22.3 Å². The lowest BCUT2D eigenvalue weighted by Gasteiger charge is -2.17. The van der Waals surface area contributed by atoms with Crippen molar-refractivity contribution < 1.29 is 9.50 Å². The fourth-order valence-electron chi connectivity index (χ4n) is 2.66. The minimum absolute atomic E-state index is 0.115. The van der Waals surface area contributed by atoms with E-state index in [1.165, 1.54) is 22.8 Å². The van der Waals surface area contributed by atoms with E-state index in [-0.39, 0.29) is 18.3 Å². The molecule has 0 radical (unpaired) electrons. The summed E-state index contributed by atoms with van der Waals surface area (Å²) in [6.45, 7) is 4.31. The molecule has 0 saturated heterocycles. The largest absolute Gasteiger partial charge is 0.396 e. The maximum Gasteiger partial charge on any atom is 0.123 e. The molecule has 0 aliphatic carbocycles. The Balaban J connectivity index is 2.13. The summed E-state index contributed by atoms with van der Waals surface area (Å²) in [4.78, 5) is 0. The number of hydrogen-bond donors (Lipinski definition) is 1. The number of aliphatic hydroxyl groups excluding tert-OH is 1. The van der Waals surface area contributed by atoms with E-state index in [4.69, 9.17) is 0 Å². The summed E-state index contributed by atoms with van der Waals surface area (Å²) in [6, 6.07) is 12.9. The van der Waals surface area contributed by atoms with E-state index >= 15 is 0 Å². The minimum atomic E-state index is -0.216. The molecule has 2 aromatic carbocycles. The van der Waals surface area contributed by atoms with Crippen LogP contribution in [0.25, 0.3) is 0 Å². The Labute approximate surface area is 120 Å². The first-order chi connectivity index (χ1) is 9.60. The Bertz CT molecular complexity index is 557. The lowest BCUT2D eigenvalue weighted by molar-refractivity contribution is 0.224. The maximum atomic E-state index is 13.2. The summed E-state index contributed by atoms with van der Waals surface area (Å²) in [5.41, 5.74) is 4.74. The average molecular weight is 272 g/mol. The van der Waals surface area contributed by atoms with Gasteiger partial charge >= 0.3 is 0 Å². The molecule has 1 N–H and O–H groups in total. The van der Waals surface area contributed by atoms with Crippen LogP contribution in [0.5, 0.6) is 0 Å². The van der Waals surface area contributed by atoms with E-state index in [0.29, 0.717) is 6.42 Å². The van der Waals surface area contributed by atoms with Crippen LogP contribution < -0.4 is 0 Å². The molecule has 0 fully saturated rings. The average Bonchev–Trinajstić information content (AvgIpc) is 2.42. The summed E-state index contributed by atoms with van der Waals surface area (Å²) in [7, 11) is 0. The third-order valence-electron chi connectivity index (χ3n) is 3.81. The first-order valence-electron chi connectivity index (χ1n) is 7.00.